The molecule has 0 saturated carbocycles. The number of benzene rings is 2. The van der Waals surface area contributed by atoms with Crippen LogP contribution in [0.4, 0.5) is 19.0 Å². The van der Waals surface area contributed by atoms with Crippen LogP contribution < -0.4 is 31.3 Å². The molecule has 8 nitrogen and oxygen atoms in total. The molecule has 4 fully saturated rings. The first-order chi connectivity index (χ1) is 23.1. The molecule has 2 bridgehead atoms. The van der Waals surface area contributed by atoms with E-state index in [1.807, 2.05) is 6.92 Å². The van der Waals surface area contributed by atoms with Gasteiger partial charge in [-0.1, -0.05) is 18.9 Å². The van der Waals surface area contributed by atoms with Crippen LogP contribution in [0.5, 0.6) is 11.8 Å². The molecule has 4 saturated heterocycles. The molecule has 0 unspecified atom stereocenters. The molecule has 0 radical (unpaired) electrons. The minimum atomic E-state index is -0.922. The molecule has 3 aromatic rings. The van der Waals surface area contributed by atoms with E-state index in [0.717, 1.165) is 45.1 Å². The first-order valence-corrected chi connectivity index (χ1v) is 17.2. The van der Waals surface area contributed by atoms with E-state index in [4.69, 9.17) is 26.9 Å². The van der Waals surface area contributed by atoms with Crippen LogP contribution in [-0.2, 0) is 6.42 Å². The van der Waals surface area contributed by atoms with Gasteiger partial charge in [0.1, 0.15) is 41.3 Å². The Labute approximate surface area is 277 Å². The van der Waals surface area contributed by atoms with Gasteiger partial charge >= 0.3 is 6.01 Å². The fourth-order valence-corrected chi connectivity index (χ4v) is 9.16. The van der Waals surface area contributed by atoms with Crippen molar-refractivity contribution in [1.82, 2.24) is 20.2 Å². The van der Waals surface area contributed by atoms with Crippen LogP contribution >= 0.6 is 0 Å². The molecule has 1 aromatic heterocycles. The maximum atomic E-state index is 17.1. The molecule has 5 aliphatic heterocycles. The summed E-state index contributed by atoms with van der Waals surface area (Å²) in [7, 11) is 0. The van der Waals surface area contributed by atoms with Crippen molar-refractivity contribution in [2.45, 2.75) is 88.1 Å². The Morgan fingerprint density at radius 3 is 2.90 bits per heavy atom. The van der Waals surface area contributed by atoms with Gasteiger partial charge in [-0.3, -0.25) is 4.90 Å². The predicted molar refractivity (Wildman–Crippen MR) is 179 cm³/mol. The summed E-state index contributed by atoms with van der Waals surface area (Å²) in [6.45, 7) is 4.13. The number of nitrogens with zero attached hydrogens (tertiary/aromatic N) is 4. The molecule has 0 spiro atoms. The highest BCUT2D eigenvalue weighted by molar-refractivity contribution is 5.93. The summed E-state index contributed by atoms with van der Waals surface area (Å²) in [5.41, 5.74) is 7.27. The van der Waals surface area contributed by atoms with E-state index in [0.29, 0.717) is 52.6 Å². The maximum Gasteiger partial charge on any atom is 0.319 e. The molecule has 0 aliphatic carbocycles. The van der Waals surface area contributed by atoms with Crippen LogP contribution in [-0.4, -0.2) is 76.1 Å². The van der Waals surface area contributed by atoms with Crippen LogP contribution in [0.3, 0.4) is 0 Å². The number of ether oxygens (including phenoxy) is 1. The topological polar surface area (TPSA) is 99.8 Å². The Kier molecular flexibility index (Phi) is 7.72. The fraction of sp³-hybridized carbons (Fsp3) is 0.514. The number of terminal acetylenes is 1. The second-order valence-electron chi connectivity index (χ2n) is 14.5. The summed E-state index contributed by atoms with van der Waals surface area (Å²) < 4.78 is 52.9. The van der Waals surface area contributed by atoms with Gasteiger partial charge in [0.25, 0.3) is 0 Å². The van der Waals surface area contributed by atoms with Crippen molar-refractivity contribution in [3.63, 3.8) is 0 Å². The van der Waals surface area contributed by atoms with Crippen molar-refractivity contribution in [1.29, 1.82) is 0 Å². The van der Waals surface area contributed by atoms with E-state index < -0.39 is 23.4 Å². The largest absolute Gasteiger partial charge is 0.508 e. The second-order valence-corrected chi connectivity index (χ2v) is 14.5. The average molecular weight is 659 g/mol. The Bertz CT molecular complexity index is 1970. The SMILES string of the molecule is C#Cc1c(F)ccc2cc(O)cc(C/C(F)=c3/nc(OC[C@@]45CCCN4C[C@H](F)C5)nc4/c3=C(/N)[C@H](C)CC[C@@H]3[C@@H]5CC[C@H](CN43)N5)c12. The lowest BCUT2D eigenvalue weighted by molar-refractivity contribution is 0.107. The lowest BCUT2D eigenvalue weighted by Crippen LogP contribution is -2.61. The number of halogens is 3. The number of phenolic OH excluding ortho intramolecular Hbond substituents is 1. The van der Waals surface area contributed by atoms with Crippen molar-refractivity contribution < 1.29 is 23.0 Å². The van der Waals surface area contributed by atoms with Crippen molar-refractivity contribution in [3.05, 3.63) is 51.8 Å². The number of anilines is 1. The molecule has 252 valence electrons. The zero-order chi connectivity index (χ0) is 33.3. The van der Waals surface area contributed by atoms with Gasteiger partial charge in [0.05, 0.1) is 16.3 Å². The average Bonchev–Trinajstić information content (AvgIpc) is 3.73. The van der Waals surface area contributed by atoms with Crippen LogP contribution in [0.25, 0.3) is 22.3 Å². The molecule has 6 atom stereocenters. The highest BCUT2D eigenvalue weighted by Gasteiger charge is 2.49. The van der Waals surface area contributed by atoms with Crippen LogP contribution in [0, 0.1) is 24.1 Å². The van der Waals surface area contributed by atoms with Gasteiger partial charge in [-0.25, -0.2) is 13.2 Å². The third-order valence-corrected chi connectivity index (χ3v) is 11.5. The maximum absolute atomic E-state index is 17.1. The smallest absolute Gasteiger partial charge is 0.319 e. The van der Waals surface area contributed by atoms with Crippen LogP contribution in [0.1, 0.15) is 63.0 Å². The van der Waals surface area contributed by atoms with Gasteiger partial charge in [0.2, 0.25) is 0 Å². The van der Waals surface area contributed by atoms with Gasteiger partial charge in [-0.15, -0.1) is 6.42 Å². The fourth-order valence-electron chi connectivity index (χ4n) is 9.16. The summed E-state index contributed by atoms with van der Waals surface area (Å²) in [5, 5.41) is 15.6. The molecule has 11 heteroatoms. The molecule has 0 amide bonds. The second kappa shape index (κ2) is 11.8. The minimum Gasteiger partial charge on any atom is -0.508 e. The molecule has 6 heterocycles. The highest BCUT2D eigenvalue weighted by Crippen LogP contribution is 2.40. The third kappa shape index (κ3) is 5.15. The van der Waals surface area contributed by atoms with E-state index in [1.165, 1.54) is 24.3 Å². The highest BCUT2D eigenvalue weighted by atomic mass is 19.1. The number of nitrogens with one attached hydrogen (secondary N) is 1. The summed E-state index contributed by atoms with van der Waals surface area (Å²) >= 11 is 0. The summed E-state index contributed by atoms with van der Waals surface area (Å²) in [6.07, 6.45) is 10.4. The zero-order valence-corrected chi connectivity index (χ0v) is 27.1. The molecule has 5 aliphatic rings. The monoisotopic (exact) mass is 658 g/mol. The van der Waals surface area contributed by atoms with Crippen LogP contribution in [0.2, 0.25) is 0 Å². The predicted octanol–water partition coefficient (Wildman–Crippen LogP) is 3.54. The Balaban J connectivity index is 1.32. The molecule has 8 rings (SSSR count). The number of aromatic hydroxyl groups is 1. The Hall–Kier alpha value is -4.01. The van der Waals surface area contributed by atoms with E-state index in [1.54, 1.807) is 0 Å². The molecule has 2 aromatic carbocycles. The number of hydrogen-bond acceptors (Lipinski definition) is 8. The molecule has 4 N–H and O–H groups in total. The standard InChI is InChI=1S/C37H41F3N6O2/c1-3-26-27(39)8-6-21-13-25(47)14-22(31(21)26)15-28(40)34-32-33(41)20(2)5-10-30-29-9-7-24(42-29)18-46(30)35(32)44-36(43-34)48-19-37-11-4-12-45(37)17-23(38)16-37/h1,6,8,13-14,20,23-24,29-30,42,47H,4-5,7,9-12,15-19,41H2,2H3/b33-32+,34-28-/t20-,23-,24-,29+,30-,37+/m1/s1. The number of hydrogen-bond donors (Lipinski definition) is 3. The molecule has 48 heavy (non-hydrogen) atoms. The van der Waals surface area contributed by atoms with Gasteiger partial charge in [-0.2, -0.15) is 9.97 Å². The first kappa shape index (κ1) is 31.3. The number of fused-ring (bicyclic) bond motifs is 8. The zero-order valence-electron chi connectivity index (χ0n) is 27.1. The lowest BCUT2D eigenvalue weighted by Gasteiger charge is -2.43. The number of piperazine rings is 1. The van der Waals surface area contributed by atoms with E-state index in [2.05, 4.69) is 21.0 Å². The van der Waals surface area contributed by atoms with Crippen LogP contribution in [0.15, 0.2) is 24.3 Å². The van der Waals surface area contributed by atoms with Crippen molar-refractivity contribution in [3.8, 4) is 24.1 Å². The van der Waals surface area contributed by atoms with Gasteiger partial charge in [0, 0.05) is 55.1 Å². The summed E-state index contributed by atoms with van der Waals surface area (Å²) in [6, 6.07) is 6.35. The lowest BCUT2D eigenvalue weighted by atomic mass is 9.90. The number of aromatic nitrogens is 2. The number of phenols is 1. The molecular formula is C37H41F3N6O2. The normalized spacial score (nSPS) is 31.5. The number of alkyl halides is 1. The van der Waals surface area contributed by atoms with E-state index in [9.17, 15) is 13.9 Å². The number of rotatable bonds is 5. The quantitative estimate of drug-likeness (QED) is 0.359. The van der Waals surface area contributed by atoms with Gasteiger partial charge in [-0.05, 0) is 80.1 Å². The van der Waals surface area contributed by atoms with Crippen molar-refractivity contribution >= 4 is 28.1 Å². The van der Waals surface area contributed by atoms with Gasteiger partial charge < -0.3 is 25.8 Å². The third-order valence-electron chi connectivity index (χ3n) is 11.5. The van der Waals surface area contributed by atoms with E-state index in [-0.39, 0.29) is 59.7 Å². The first-order valence-electron chi connectivity index (χ1n) is 17.2. The molecular weight excluding hydrogens is 617 g/mol. The van der Waals surface area contributed by atoms with Crippen molar-refractivity contribution in [2.75, 3.05) is 31.1 Å². The summed E-state index contributed by atoms with van der Waals surface area (Å²) in [5.74, 6) is 1.56. The Morgan fingerprint density at radius 2 is 2.06 bits per heavy atom. The van der Waals surface area contributed by atoms with Gasteiger partial charge in [0.15, 0.2) is 0 Å². The summed E-state index contributed by atoms with van der Waals surface area (Å²) in [4.78, 5) is 14.1. The van der Waals surface area contributed by atoms with E-state index >= 15 is 4.39 Å². The minimum absolute atomic E-state index is 0.000682. The Morgan fingerprint density at radius 1 is 1.21 bits per heavy atom. The number of nitrogens with two attached hydrogens (primary N) is 1. The van der Waals surface area contributed by atoms with Crippen molar-refractivity contribution in [2.24, 2.45) is 11.7 Å².